The zero-order valence-electron chi connectivity index (χ0n) is 27.9. The van der Waals surface area contributed by atoms with Gasteiger partial charge in [-0.2, -0.15) is 0 Å². The van der Waals surface area contributed by atoms with E-state index >= 15 is 0 Å². The van der Waals surface area contributed by atoms with Crippen molar-refractivity contribution >= 4 is 43.5 Å². The topological polar surface area (TPSA) is 72.0 Å². The van der Waals surface area contributed by atoms with Crippen molar-refractivity contribution in [3.63, 3.8) is 0 Å². The number of aromatic hydroxyl groups is 1. The quantitative estimate of drug-likeness (QED) is 0.198. The van der Waals surface area contributed by atoms with E-state index in [-0.39, 0.29) is 5.75 Å². The third-order valence-electron chi connectivity index (χ3n) is 9.81. The van der Waals surface area contributed by atoms with Crippen molar-refractivity contribution in [1.82, 2.24) is 15.0 Å². The maximum atomic E-state index is 11.7. The third-order valence-corrected chi connectivity index (χ3v) is 9.81. The molecule has 1 N–H and O–H groups in total. The normalized spacial score (nSPS) is 11.5. The van der Waals surface area contributed by atoms with Gasteiger partial charge in [0.05, 0.1) is 0 Å². The molecule has 0 saturated heterocycles. The smallest absolute Gasteiger partial charge is 0.165 e. The second kappa shape index (κ2) is 12.0. The van der Waals surface area contributed by atoms with Crippen LogP contribution in [-0.4, -0.2) is 20.1 Å². The first kappa shape index (κ1) is 29.8. The van der Waals surface area contributed by atoms with E-state index in [1.165, 1.54) is 0 Å². The highest BCUT2D eigenvalue weighted by Crippen LogP contribution is 2.47. The lowest BCUT2D eigenvalue weighted by Crippen LogP contribution is -2.03. The van der Waals surface area contributed by atoms with Crippen LogP contribution >= 0.6 is 0 Å². The molecule has 0 aliphatic heterocycles. The van der Waals surface area contributed by atoms with Gasteiger partial charge < -0.3 is 9.52 Å². The summed E-state index contributed by atoms with van der Waals surface area (Å²) in [6, 6.07) is 57.0. The summed E-state index contributed by atoms with van der Waals surface area (Å²) in [5, 5.41) is 18.2. The predicted octanol–water partition coefficient (Wildman–Crippen LogP) is 12.1. The van der Waals surface area contributed by atoms with E-state index in [1.54, 1.807) is 6.07 Å². The molecule has 0 radical (unpaired) electrons. The van der Waals surface area contributed by atoms with Gasteiger partial charge in [0.2, 0.25) is 0 Å². The summed E-state index contributed by atoms with van der Waals surface area (Å²) in [5.41, 5.74) is 7.17. The van der Waals surface area contributed by atoms with Crippen LogP contribution in [0, 0.1) is 0 Å². The number of aromatic nitrogens is 3. The SMILES string of the molecule is Oc1ccc(-c2cccc3c2oc2ccccc23)c(-c2nc(-c3ccc4ccccc4c3)nc(-c3ccc4ccccc4c3)n2)c1-c1ccccc1. The zero-order valence-corrected chi connectivity index (χ0v) is 27.9. The fraction of sp³-hybridized carbons (Fsp3) is 0. The van der Waals surface area contributed by atoms with E-state index in [4.69, 9.17) is 19.4 Å². The van der Waals surface area contributed by atoms with Gasteiger partial charge >= 0.3 is 0 Å². The van der Waals surface area contributed by atoms with Gasteiger partial charge in [0, 0.05) is 38.6 Å². The highest BCUT2D eigenvalue weighted by atomic mass is 16.3. The number of hydrogen-bond donors (Lipinski definition) is 1. The van der Waals surface area contributed by atoms with Gasteiger partial charge in [-0.05, 0) is 63.0 Å². The Kier molecular flexibility index (Phi) is 6.89. The van der Waals surface area contributed by atoms with Crippen molar-refractivity contribution in [3.05, 3.63) is 170 Å². The molecule has 0 amide bonds. The highest BCUT2D eigenvalue weighted by molar-refractivity contribution is 6.11. The monoisotopic (exact) mass is 667 g/mol. The average molecular weight is 668 g/mol. The predicted molar refractivity (Wildman–Crippen MR) is 211 cm³/mol. The molecule has 10 rings (SSSR count). The number of hydrogen-bond acceptors (Lipinski definition) is 5. The molecule has 5 heteroatoms. The number of rotatable bonds is 5. The van der Waals surface area contributed by atoms with Crippen molar-refractivity contribution in [1.29, 1.82) is 0 Å². The summed E-state index contributed by atoms with van der Waals surface area (Å²) in [4.78, 5) is 15.6. The zero-order chi connectivity index (χ0) is 34.6. The molecule has 5 nitrogen and oxygen atoms in total. The van der Waals surface area contributed by atoms with Crippen molar-refractivity contribution in [2.45, 2.75) is 0 Å². The summed E-state index contributed by atoms with van der Waals surface area (Å²) in [7, 11) is 0. The molecule has 0 bridgehead atoms. The van der Waals surface area contributed by atoms with Gasteiger partial charge in [-0.25, -0.2) is 15.0 Å². The minimum Gasteiger partial charge on any atom is -0.507 e. The molecule has 0 aliphatic rings. The van der Waals surface area contributed by atoms with E-state index in [0.29, 0.717) is 28.6 Å². The molecule has 2 heterocycles. The van der Waals surface area contributed by atoms with Gasteiger partial charge in [-0.1, -0.05) is 140 Å². The molecule has 2 aromatic heterocycles. The summed E-state index contributed by atoms with van der Waals surface area (Å²) >= 11 is 0. The lowest BCUT2D eigenvalue weighted by Gasteiger charge is -2.18. The molecular weight excluding hydrogens is 639 g/mol. The molecule has 0 unspecified atom stereocenters. The Morgan fingerprint density at radius 2 is 0.962 bits per heavy atom. The fourth-order valence-electron chi connectivity index (χ4n) is 7.31. The number of para-hydroxylation sites is 2. The minimum atomic E-state index is 0.127. The summed E-state index contributed by atoms with van der Waals surface area (Å²) < 4.78 is 6.56. The van der Waals surface area contributed by atoms with Crippen LogP contribution in [0.4, 0.5) is 0 Å². The van der Waals surface area contributed by atoms with Crippen LogP contribution in [0.25, 0.3) is 99.9 Å². The van der Waals surface area contributed by atoms with Crippen molar-refractivity contribution in [2.75, 3.05) is 0 Å². The van der Waals surface area contributed by atoms with E-state index in [2.05, 4.69) is 78.9 Å². The maximum Gasteiger partial charge on any atom is 0.165 e. The summed E-state index contributed by atoms with van der Waals surface area (Å²) in [5.74, 6) is 1.64. The molecule has 8 aromatic carbocycles. The number of furan rings is 1. The minimum absolute atomic E-state index is 0.127. The van der Waals surface area contributed by atoms with Crippen LogP contribution in [0.5, 0.6) is 5.75 Å². The molecule has 0 atom stereocenters. The van der Waals surface area contributed by atoms with E-state index in [9.17, 15) is 5.11 Å². The first-order valence-electron chi connectivity index (χ1n) is 17.2. The first-order valence-corrected chi connectivity index (χ1v) is 17.2. The number of phenolic OH excluding ortho intramolecular Hbond substituents is 1. The van der Waals surface area contributed by atoms with Crippen molar-refractivity contribution in [3.8, 4) is 62.2 Å². The van der Waals surface area contributed by atoms with E-state index < -0.39 is 0 Å². The van der Waals surface area contributed by atoms with E-state index in [0.717, 1.165) is 71.3 Å². The Morgan fingerprint density at radius 1 is 0.385 bits per heavy atom. The van der Waals surface area contributed by atoms with Crippen LogP contribution in [0.2, 0.25) is 0 Å². The van der Waals surface area contributed by atoms with E-state index in [1.807, 2.05) is 84.9 Å². The summed E-state index contributed by atoms with van der Waals surface area (Å²) in [6.07, 6.45) is 0. The first-order chi connectivity index (χ1) is 25.7. The molecule has 52 heavy (non-hydrogen) atoms. The Labute approximate surface area is 299 Å². The van der Waals surface area contributed by atoms with Gasteiger partial charge in [-0.15, -0.1) is 0 Å². The fourth-order valence-corrected chi connectivity index (χ4v) is 7.31. The van der Waals surface area contributed by atoms with Crippen LogP contribution in [0.1, 0.15) is 0 Å². The van der Waals surface area contributed by atoms with Crippen molar-refractivity contribution in [2.24, 2.45) is 0 Å². The third kappa shape index (κ3) is 4.98. The standard InChI is InChI=1S/C47H29N3O2/c51-40-26-25-37(39-19-10-18-38-36-17-8-9-20-41(36)52-44(38)39)43(42(40)31-13-2-1-3-14-31)47-49-45(34-23-21-29-11-4-6-15-32(29)27-34)48-46(50-47)35-24-22-30-12-5-7-16-33(30)28-35/h1-28,51H. The lowest BCUT2D eigenvalue weighted by atomic mass is 9.89. The second-order valence-corrected chi connectivity index (χ2v) is 13.0. The largest absolute Gasteiger partial charge is 0.507 e. The van der Waals surface area contributed by atoms with Crippen LogP contribution in [0.15, 0.2) is 174 Å². The molecular formula is C47H29N3O2. The number of benzene rings is 8. The van der Waals surface area contributed by atoms with Gasteiger partial charge in [-0.3, -0.25) is 0 Å². The van der Waals surface area contributed by atoms with Crippen molar-refractivity contribution < 1.29 is 9.52 Å². The Balaban J connectivity index is 1.30. The lowest BCUT2D eigenvalue weighted by molar-refractivity contribution is 0.477. The Morgan fingerprint density at radius 3 is 1.65 bits per heavy atom. The summed E-state index contributed by atoms with van der Waals surface area (Å²) in [6.45, 7) is 0. The maximum absolute atomic E-state index is 11.7. The molecule has 244 valence electrons. The highest BCUT2D eigenvalue weighted by Gasteiger charge is 2.24. The molecule has 0 saturated carbocycles. The molecule has 10 aromatic rings. The van der Waals surface area contributed by atoms with Crippen LogP contribution in [0.3, 0.4) is 0 Å². The van der Waals surface area contributed by atoms with Gasteiger partial charge in [0.1, 0.15) is 16.9 Å². The molecule has 0 fully saturated rings. The van der Waals surface area contributed by atoms with Gasteiger partial charge in [0.15, 0.2) is 17.5 Å². The Bertz CT molecular complexity index is 2890. The molecule has 0 aliphatic carbocycles. The van der Waals surface area contributed by atoms with Gasteiger partial charge in [0.25, 0.3) is 0 Å². The second-order valence-electron chi connectivity index (χ2n) is 13.0. The number of nitrogens with zero attached hydrogens (tertiary/aromatic N) is 3. The average Bonchev–Trinajstić information content (AvgIpc) is 3.60. The molecule has 0 spiro atoms. The number of phenols is 1. The van der Waals surface area contributed by atoms with Crippen LogP contribution < -0.4 is 0 Å². The number of fused-ring (bicyclic) bond motifs is 5. The van der Waals surface area contributed by atoms with Crippen LogP contribution in [-0.2, 0) is 0 Å². The Hall–Kier alpha value is -7.11.